The van der Waals surface area contributed by atoms with Gasteiger partial charge in [-0.15, -0.1) is 0 Å². The van der Waals surface area contributed by atoms with Crippen LogP contribution in [0.5, 0.6) is 0 Å². The van der Waals surface area contributed by atoms with Gasteiger partial charge >= 0.3 is 13.2 Å². The summed E-state index contributed by atoms with van der Waals surface area (Å²) in [4.78, 5) is 34.0. The van der Waals surface area contributed by atoms with Crippen LogP contribution >= 0.6 is 0 Å². The normalized spacial score (nSPS) is 29.5. The monoisotopic (exact) mass is 593 g/mol. The van der Waals surface area contributed by atoms with Crippen LogP contribution in [0, 0.1) is 5.41 Å². The van der Waals surface area contributed by atoms with Gasteiger partial charge in [0.25, 0.3) is 0 Å². The van der Waals surface area contributed by atoms with Gasteiger partial charge in [0, 0.05) is 37.4 Å². The van der Waals surface area contributed by atoms with E-state index in [0.717, 1.165) is 42.6 Å². The zero-order valence-corrected chi connectivity index (χ0v) is 27.9. The van der Waals surface area contributed by atoms with Crippen molar-refractivity contribution in [2.75, 3.05) is 31.1 Å². The molecule has 43 heavy (non-hydrogen) atoms. The van der Waals surface area contributed by atoms with Crippen LogP contribution in [0.15, 0.2) is 18.2 Å². The van der Waals surface area contributed by atoms with Crippen LogP contribution in [0.3, 0.4) is 0 Å². The molecule has 4 fully saturated rings. The van der Waals surface area contributed by atoms with E-state index in [0.29, 0.717) is 37.4 Å². The molecule has 1 aliphatic carbocycles. The molecule has 5 aliphatic rings. The van der Waals surface area contributed by atoms with E-state index in [1.807, 2.05) is 20.8 Å². The van der Waals surface area contributed by atoms with Crippen molar-refractivity contribution < 1.29 is 23.6 Å². The number of amides is 2. The number of nitrogens with zero attached hydrogens (tertiary/aromatic N) is 3. The highest BCUT2D eigenvalue weighted by Gasteiger charge is 2.57. The highest BCUT2D eigenvalue weighted by atomic mass is 16.7. The number of rotatable bonds is 3. The number of hydrogen-bond acceptors (Lipinski definition) is 6. The minimum absolute atomic E-state index is 0.179. The lowest BCUT2D eigenvalue weighted by atomic mass is 9.71. The lowest BCUT2D eigenvalue weighted by molar-refractivity contribution is -0.126. The first-order valence-corrected chi connectivity index (χ1v) is 16.5. The number of likely N-dealkylation sites (tertiary alicyclic amines) is 2. The first-order valence-electron chi connectivity index (χ1n) is 16.5. The summed E-state index contributed by atoms with van der Waals surface area (Å²) in [6, 6.07) is 7.08. The van der Waals surface area contributed by atoms with Crippen LogP contribution in [0.25, 0.3) is 0 Å². The lowest BCUT2D eigenvalue weighted by Gasteiger charge is -2.51. The molecular weight excluding hydrogens is 541 g/mol. The Kier molecular flexibility index (Phi) is 7.34. The highest BCUT2D eigenvalue weighted by molar-refractivity contribution is 6.62. The molecule has 0 radical (unpaired) electrons. The van der Waals surface area contributed by atoms with Crippen LogP contribution in [-0.4, -0.2) is 84.0 Å². The van der Waals surface area contributed by atoms with Crippen LogP contribution < -0.4 is 10.4 Å². The van der Waals surface area contributed by atoms with E-state index >= 15 is 0 Å². The summed E-state index contributed by atoms with van der Waals surface area (Å²) in [5, 5.41) is 0. The quantitative estimate of drug-likeness (QED) is 0.446. The molecule has 4 aliphatic heterocycles. The van der Waals surface area contributed by atoms with Gasteiger partial charge in [-0.1, -0.05) is 26.0 Å². The Morgan fingerprint density at radius 1 is 0.930 bits per heavy atom. The Balaban J connectivity index is 1.27. The molecule has 1 aromatic carbocycles. The zero-order chi connectivity index (χ0) is 31.2. The van der Waals surface area contributed by atoms with Crippen molar-refractivity contribution in [2.24, 2.45) is 5.41 Å². The predicted octanol–water partition coefficient (Wildman–Crippen LogP) is 5.25. The number of hydrogen-bond donors (Lipinski definition) is 0. The molecule has 0 bridgehead atoms. The highest BCUT2D eigenvalue weighted by Crippen LogP contribution is 2.51. The van der Waals surface area contributed by atoms with E-state index in [-0.39, 0.29) is 18.0 Å². The van der Waals surface area contributed by atoms with Crippen molar-refractivity contribution in [3.8, 4) is 0 Å². The van der Waals surface area contributed by atoms with E-state index in [1.54, 1.807) is 4.90 Å². The van der Waals surface area contributed by atoms with Gasteiger partial charge in [-0.25, -0.2) is 4.79 Å². The number of benzene rings is 1. The molecule has 0 atom stereocenters. The fourth-order valence-corrected chi connectivity index (χ4v) is 7.83. The second kappa shape index (κ2) is 10.2. The van der Waals surface area contributed by atoms with Crippen LogP contribution in [0.2, 0.25) is 0 Å². The van der Waals surface area contributed by atoms with Crippen molar-refractivity contribution in [3.63, 3.8) is 0 Å². The van der Waals surface area contributed by atoms with Crippen molar-refractivity contribution in [2.45, 2.75) is 135 Å². The second-order valence-electron chi connectivity index (χ2n) is 16.6. The average Bonchev–Trinajstić information content (AvgIpc) is 3.22. The number of fused-ring (bicyclic) bond motifs is 2. The third-order valence-electron chi connectivity index (χ3n) is 11.1. The van der Waals surface area contributed by atoms with E-state index in [9.17, 15) is 9.59 Å². The fraction of sp³-hybridized carbons (Fsp3) is 0.765. The maximum Gasteiger partial charge on any atom is 0.494 e. The molecule has 3 saturated heterocycles. The Morgan fingerprint density at radius 2 is 1.56 bits per heavy atom. The third kappa shape index (κ3) is 5.41. The summed E-state index contributed by atoms with van der Waals surface area (Å²) < 4.78 is 18.5. The van der Waals surface area contributed by atoms with Crippen molar-refractivity contribution in [3.05, 3.63) is 23.8 Å². The summed E-state index contributed by atoms with van der Waals surface area (Å²) in [5.74, 6) is 0.194. The lowest BCUT2D eigenvalue weighted by Crippen LogP contribution is -2.59. The molecule has 4 heterocycles. The summed E-state index contributed by atoms with van der Waals surface area (Å²) >= 11 is 0. The van der Waals surface area contributed by atoms with Gasteiger partial charge < -0.3 is 23.8 Å². The van der Waals surface area contributed by atoms with Gasteiger partial charge in [-0.05, 0) is 116 Å². The number of anilines is 1. The predicted molar refractivity (Wildman–Crippen MR) is 170 cm³/mol. The summed E-state index contributed by atoms with van der Waals surface area (Å²) in [6.07, 6.45) is 5.43. The van der Waals surface area contributed by atoms with Crippen molar-refractivity contribution in [1.29, 1.82) is 0 Å². The van der Waals surface area contributed by atoms with E-state index < -0.39 is 29.3 Å². The smallest absolute Gasteiger partial charge is 0.444 e. The first kappa shape index (κ1) is 30.9. The average molecular weight is 594 g/mol. The number of carbonyl (C=O) groups excluding carboxylic acids is 2. The van der Waals surface area contributed by atoms with Crippen LogP contribution in [-0.2, 0) is 24.3 Å². The molecule has 0 aromatic heterocycles. The second-order valence-corrected chi connectivity index (χ2v) is 16.6. The Bertz CT molecular complexity index is 1260. The molecule has 9 heteroatoms. The molecular formula is C34H52BN3O5. The Morgan fingerprint density at radius 3 is 2.14 bits per heavy atom. The molecule has 236 valence electrons. The summed E-state index contributed by atoms with van der Waals surface area (Å²) in [6.45, 7) is 22.0. The third-order valence-corrected chi connectivity index (χ3v) is 11.1. The Hall–Kier alpha value is -2.10. The van der Waals surface area contributed by atoms with E-state index in [1.165, 1.54) is 12.8 Å². The van der Waals surface area contributed by atoms with Crippen molar-refractivity contribution >= 4 is 30.3 Å². The fourth-order valence-electron chi connectivity index (χ4n) is 7.83. The van der Waals surface area contributed by atoms with Gasteiger partial charge in [0.15, 0.2) is 0 Å². The largest absolute Gasteiger partial charge is 0.494 e. The maximum absolute atomic E-state index is 14.6. The molecule has 1 aromatic rings. The van der Waals surface area contributed by atoms with Crippen LogP contribution in [0.4, 0.5) is 10.5 Å². The van der Waals surface area contributed by atoms with Gasteiger partial charge in [-0.3, -0.25) is 9.69 Å². The Labute approximate surface area is 258 Å². The molecule has 2 amide bonds. The molecule has 8 nitrogen and oxygen atoms in total. The minimum Gasteiger partial charge on any atom is -0.444 e. The molecule has 0 N–H and O–H groups in total. The first-order chi connectivity index (χ1) is 19.9. The summed E-state index contributed by atoms with van der Waals surface area (Å²) in [5.41, 5.74) is 1.34. The van der Waals surface area contributed by atoms with Crippen molar-refractivity contribution in [1.82, 2.24) is 9.80 Å². The summed E-state index contributed by atoms with van der Waals surface area (Å²) in [7, 11) is -0.484. The number of piperidine rings is 2. The number of ether oxygens (including phenoxy) is 1. The van der Waals surface area contributed by atoms with E-state index in [2.05, 4.69) is 69.5 Å². The van der Waals surface area contributed by atoms with E-state index in [4.69, 9.17) is 14.0 Å². The molecule has 0 unspecified atom stereocenters. The van der Waals surface area contributed by atoms with Gasteiger partial charge in [0.2, 0.25) is 5.91 Å². The van der Waals surface area contributed by atoms with Gasteiger partial charge in [-0.2, -0.15) is 0 Å². The maximum atomic E-state index is 14.6. The topological polar surface area (TPSA) is 71.6 Å². The molecule has 1 spiro atoms. The zero-order valence-electron chi connectivity index (χ0n) is 27.9. The van der Waals surface area contributed by atoms with Gasteiger partial charge in [0.1, 0.15) is 5.60 Å². The van der Waals surface area contributed by atoms with Gasteiger partial charge in [0.05, 0.1) is 16.6 Å². The SMILES string of the molecule is CC1(C)CCCN([C@H]2C[C@@H](N3C(=O)C4(CCN(C(=O)OC(C)(C)C)CC4)c4ccc(B5OC(C)(C)C(C)(C)O5)cc43)C2)C1. The van der Waals surface area contributed by atoms with Crippen LogP contribution in [0.1, 0.15) is 106 Å². The number of carbonyl (C=O) groups is 2. The minimum atomic E-state index is -0.624. The molecule has 6 rings (SSSR count). The standard InChI is InChI=1S/C34H52BN3O5/c1-30(2,3)41-29(40)36-17-14-34(15-18-36)26-12-11-23(35-42-32(6,7)33(8,9)43-35)19-27(26)38(28(34)39)25-20-24(21-25)37-16-10-13-31(4,5)22-37/h11-12,19,24-25H,10,13-18,20-22H2,1-9H3/t24-,25+. The molecule has 1 saturated carbocycles.